The maximum atomic E-state index is 13.6. The molecule has 6 heteroatoms. The highest BCUT2D eigenvalue weighted by atomic mass is 19.1. The smallest absolute Gasteiger partial charge is 0.242 e. The summed E-state index contributed by atoms with van der Waals surface area (Å²) in [5.74, 6) is -0.471. The molecule has 2 N–H and O–H groups in total. The van der Waals surface area contributed by atoms with E-state index in [0.717, 1.165) is 0 Å². The Bertz CT molecular complexity index is 521. The first-order valence-corrected chi connectivity index (χ1v) is 7.10. The number of nitrogens with one attached hydrogen (secondary N) is 2. The van der Waals surface area contributed by atoms with Crippen molar-refractivity contribution in [1.29, 1.82) is 0 Å². The second-order valence-corrected chi connectivity index (χ2v) is 5.18. The third-order valence-corrected chi connectivity index (χ3v) is 3.55. The zero-order valence-electron chi connectivity index (χ0n) is 12.1. The SMILES string of the molecule is CN(CCCNC(=O)C1CCC(=O)N1)c1ccccc1F. The number of rotatable bonds is 6. The van der Waals surface area contributed by atoms with Gasteiger partial charge in [-0.3, -0.25) is 9.59 Å². The number of para-hydroxylation sites is 1. The van der Waals surface area contributed by atoms with Crippen LogP contribution >= 0.6 is 0 Å². The van der Waals surface area contributed by atoms with Gasteiger partial charge in [-0.05, 0) is 25.0 Å². The van der Waals surface area contributed by atoms with Crippen LogP contribution in [0.4, 0.5) is 10.1 Å². The molecular formula is C15H20FN3O2. The van der Waals surface area contributed by atoms with Crippen LogP contribution in [-0.2, 0) is 9.59 Å². The van der Waals surface area contributed by atoms with E-state index in [1.54, 1.807) is 18.2 Å². The average Bonchev–Trinajstić information content (AvgIpc) is 2.90. The topological polar surface area (TPSA) is 61.4 Å². The van der Waals surface area contributed by atoms with Gasteiger partial charge in [0.2, 0.25) is 11.8 Å². The molecule has 2 amide bonds. The fourth-order valence-electron chi connectivity index (χ4n) is 2.34. The minimum Gasteiger partial charge on any atom is -0.372 e. The van der Waals surface area contributed by atoms with Crippen LogP contribution in [-0.4, -0.2) is 38.0 Å². The normalized spacial score (nSPS) is 17.4. The Hall–Kier alpha value is -2.11. The lowest BCUT2D eigenvalue weighted by Gasteiger charge is -2.20. The standard InChI is InChI=1S/C15H20FN3O2/c1-19(13-6-3-2-5-11(13)16)10-4-9-17-15(21)12-7-8-14(20)18-12/h2-3,5-6,12H,4,7-10H2,1H3,(H,17,21)(H,18,20). The molecule has 1 aliphatic rings. The molecule has 0 bridgehead atoms. The molecule has 1 aromatic carbocycles. The van der Waals surface area contributed by atoms with Gasteiger partial charge in [-0.15, -0.1) is 0 Å². The Morgan fingerprint density at radius 2 is 2.24 bits per heavy atom. The summed E-state index contributed by atoms with van der Waals surface area (Å²) in [7, 11) is 1.82. The Labute approximate surface area is 123 Å². The van der Waals surface area contributed by atoms with Crippen molar-refractivity contribution in [1.82, 2.24) is 10.6 Å². The molecule has 1 saturated heterocycles. The van der Waals surface area contributed by atoms with Gasteiger partial charge in [0.15, 0.2) is 0 Å². The summed E-state index contributed by atoms with van der Waals surface area (Å²) < 4.78 is 13.6. The third kappa shape index (κ3) is 4.18. The summed E-state index contributed by atoms with van der Waals surface area (Å²) in [4.78, 5) is 24.6. The van der Waals surface area contributed by atoms with Crippen molar-refractivity contribution < 1.29 is 14.0 Å². The van der Waals surface area contributed by atoms with Crippen molar-refractivity contribution in [2.75, 3.05) is 25.0 Å². The van der Waals surface area contributed by atoms with Crippen LogP contribution in [0.3, 0.4) is 0 Å². The second kappa shape index (κ2) is 7.06. The van der Waals surface area contributed by atoms with Crippen molar-refractivity contribution in [3.05, 3.63) is 30.1 Å². The van der Waals surface area contributed by atoms with Gasteiger partial charge in [-0.25, -0.2) is 4.39 Å². The summed E-state index contributed by atoms with van der Waals surface area (Å²) in [5, 5.41) is 5.42. The maximum absolute atomic E-state index is 13.6. The summed E-state index contributed by atoms with van der Waals surface area (Å²) in [5.41, 5.74) is 0.548. The van der Waals surface area contributed by atoms with Gasteiger partial charge < -0.3 is 15.5 Å². The van der Waals surface area contributed by atoms with Crippen LogP contribution in [0.25, 0.3) is 0 Å². The molecule has 21 heavy (non-hydrogen) atoms. The number of benzene rings is 1. The zero-order chi connectivity index (χ0) is 15.2. The molecule has 2 rings (SSSR count). The van der Waals surface area contributed by atoms with E-state index < -0.39 is 6.04 Å². The minimum atomic E-state index is -0.401. The lowest BCUT2D eigenvalue weighted by Crippen LogP contribution is -2.42. The third-order valence-electron chi connectivity index (χ3n) is 3.55. The molecular weight excluding hydrogens is 273 g/mol. The summed E-state index contributed by atoms with van der Waals surface area (Å²) >= 11 is 0. The fourth-order valence-corrected chi connectivity index (χ4v) is 2.34. The first-order valence-electron chi connectivity index (χ1n) is 7.10. The zero-order valence-corrected chi connectivity index (χ0v) is 12.1. The molecule has 0 saturated carbocycles. The number of carbonyl (C=O) groups excluding carboxylic acids is 2. The first kappa shape index (κ1) is 15.3. The van der Waals surface area contributed by atoms with Crippen molar-refractivity contribution in [3.8, 4) is 0 Å². The lowest BCUT2D eigenvalue weighted by atomic mass is 10.2. The van der Waals surface area contributed by atoms with E-state index in [1.807, 2.05) is 11.9 Å². The number of nitrogens with zero attached hydrogens (tertiary/aromatic N) is 1. The Morgan fingerprint density at radius 3 is 2.90 bits per heavy atom. The van der Waals surface area contributed by atoms with Gasteiger partial charge >= 0.3 is 0 Å². The van der Waals surface area contributed by atoms with Gasteiger partial charge in [-0.2, -0.15) is 0 Å². The summed E-state index contributed by atoms with van der Waals surface area (Å²) in [6.45, 7) is 1.14. The molecule has 0 spiro atoms. The summed E-state index contributed by atoms with van der Waals surface area (Å²) in [6, 6.07) is 6.20. The van der Waals surface area contributed by atoms with E-state index in [9.17, 15) is 14.0 Å². The quantitative estimate of drug-likeness (QED) is 0.771. The van der Waals surface area contributed by atoms with Crippen LogP contribution < -0.4 is 15.5 Å². The van der Waals surface area contributed by atoms with Crippen molar-refractivity contribution >= 4 is 17.5 Å². The maximum Gasteiger partial charge on any atom is 0.242 e. The van der Waals surface area contributed by atoms with Crippen LogP contribution in [0.1, 0.15) is 19.3 Å². The van der Waals surface area contributed by atoms with Gasteiger partial charge in [0.1, 0.15) is 11.9 Å². The van der Waals surface area contributed by atoms with E-state index in [-0.39, 0.29) is 17.6 Å². The largest absolute Gasteiger partial charge is 0.372 e. The molecule has 0 aromatic heterocycles. The molecule has 1 atom stereocenters. The van der Waals surface area contributed by atoms with Gasteiger partial charge in [0.05, 0.1) is 5.69 Å². The molecule has 1 aliphatic heterocycles. The van der Waals surface area contributed by atoms with E-state index >= 15 is 0 Å². The number of anilines is 1. The predicted molar refractivity (Wildman–Crippen MR) is 78.5 cm³/mol. The monoisotopic (exact) mass is 293 g/mol. The minimum absolute atomic E-state index is 0.0746. The van der Waals surface area contributed by atoms with Gasteiger partial charge in [-0.1, -0.05) is 12.1 Å². The molecule has 1 aromatic rings. The molecule has 0 aliphatic carbocycles. The molecule has 114 valence electrons. The molecule has 0 radical (unpaired) electrons. The number of hydrogen-bond acceptors (Lipinski definition) is 3. The van der Waals surface area contributed by atoms with Crippen molar-refractivity contribution in [3.63, 3.8) is 0 Å². The van der Waals surface area contributed by atoms with Crippen molar-refractivity contribution in [2.24, 2.45) is 0 Å². The number of carbonyl (C=O) groups is 2. The van der Waals surface area contributed by atoms with Crippen molar-refractivity contribution in [2.45, 2.75) is 25.3 Å². The highest BCUT2D eigenvalue weighted by molar-refractivity contribution is 5.90. The average molecular weight is 293 g/mol. The first-order chi connectivity index (χ1) is 10.1. The van der Waals surface area contributed by atoms with Crippen LogP contribution in [0.5, 0.6) is 0 Å². The highest BCUT2D eigenvalue weighted by Gasteiger charge is 2.26. The molecule has 5 nitrogen and oxygen atoms in total. The predicted octanol–water partition coefficient (Wildman–Crippen LogP) is 1.05. The second-order valence-electron chi connectivity index (χ2n) is 5.18. The van der Waals surface area contributed by atoms with Gasteiger partial charge in [0, 0.05) is 26.6 Å². The summed E-state index contributed by atoms with van der Waals surface area (Å²) in [6.07, 6.45) is 1.67. The number of halogens is 1. The lowest BCUT2D eigenvalue weighted by molar-refractivity contribution is -0.125. The Morgan fingerprint density at radius 1 is 1.48 bits per heavy atom. The van der Waals surface area contributed by atoms with Gasteiger partial charge in [0.25, 0.3) is 0 Å². The van der Waals surface area contributed by atoms with E-state index in [2.05, 4.69) is 10.6 Å². The fraction of sp³-hybridized carbons (Fsp3) is 0.467. The Kier molecular flexibility index (Phi) is 5.14. The van der Waals surface area contributed by atoms with Crippen LogP contribution in [0.15, 0.2) is 24.3 Å². The molecule has 1 heterocycles. The van der Waals surface area contributed by atoms with E-state index in [0.29, 0.717) is 38.0 Å². The van der Waals surface area contributed by atoms with Crippen LogP contribution in [0, 0.1) is 5.82 Å². The van der Waals surface area contributed by atoms with E-state index in [1.165, 1.54) is 6.07 Å². The molecule has 1 fully saturated rings. The highest BCUT2D eigenvalue weighted by Crippen LogP contribution is 2.16. The van der Waals surface area contributed by atoms with Crippen LogP contribution in [0.2, 0.25) is 0 Å². The molecule has 1 unspecified atom stereocenters. The Balaban J connectivity index is 1.69. The number of hydrogen-bond donors (Lipinski definition) is 2. The van der Waals surface area contributed by atoms with E-state index in [4.69, 9.17) is 0 Å². The number of amides is 2.